The maximum absolute atomic E-state index is 5.61. The van der Waals surface area contributed by atoms with E-state index in [-0.39, 0.29) is 0 Å². The maximum Gasteiger partial charge on any atom is 0.233 e. The predicted octanol–water partition coefficient (Wildman–Crippen LogP) is 3.39. The molecule has 102 valence electrons. The molecule has 0 saturated carbocycles. The summed E-state index contributed by atoms with van der Waals surface area (Å²) >= 11 is 2.34. The topological polar surface area (TPSA) is 36.3 Å². The average Bonchev–Trinajstić information content (AvgIpc) is 2.80. The van der Waals surface area contributed by atoms with Gasteiger partial charge in [-0.05, 0) is 37.6 Å². The van der Waals surface area contributed by atoms with Crippen LogP contribution >= 0.6 is 22.6 Å². The van der Waals surface area contributed by atoms with Crippen LogP contribution in [0.3, 0.4) is 0 Å². The highest BCUT2D eigenvalue weighted by molar-refractivity contribution is 14.1. The van der Waals surface area contributed by atoms with Crippen LogP contribution in [0.25, 0.3) is 5.69 Å². The van der Waals surface area contributed by atoms with Crippen molar-refractivity contribution in [2.75, 3.05) is 18.1 Å². The van der Waals surface area contributed by atoms with Gasteiger partial charge in [0.1, 0.15) is 5.75 Å². The van der Waals surface area contributed by atoms with E-state index in [9.17, 15) is 0 Å². The fourth-order valence-electron chi connectivity index (χ4n) is 1.73. The Morgan fingerprint density at radius 2 is 2.00 bits per heavy atom. The molecule has 0 amide bonds. The minimum Gasteiger partial charge on any atom is -0.497 e. The normalized spacial score (nSPS) is 10.5. The molecule has 0 saturated heterocycles. The standard InChI is InChI=1S/C14H17IN2O2/c1-11-10-14(19-9-3-8-15)16-17(11)12-4-6-13(18-2)7-5-12/h4-7,10H,3,8-9H2,1-2H3. The second kappa shape index (κ2) is 6.79. The molecule has 5 heteroatoms. The van der Waals surface area contributed by atoms with E-state index in [0.717, 1.165) is 28.0 Å². The first-order chi connectivity index (χ1) is 9.24. The van der Waals surface area contributed by atoms with Crippen molar-refractivity contribution < 1.29 is 9.47 Å². The highest BCUT2D eigenvalue weighted by atomic mass is 127. The summed E-state index contributed by atoms with van der Waals surface area (Å²) in [6, 6.07) is 9.76. The minimum absolute atomic E-state index is 0.679. The van der Waals surface area contributed by atoms with Crippen LogP contribution in [-0.4, -0.2) is 27.9 Å². The molecule has 0 aliphatic carbocycles. The van der Waals surface area contributed by atoms with E-state index in [2.05, 4.69) is 27.7 Å². The summed E-state index contributed by atoms with van der Waals surface area (Å²) in [5.41, 5.74) is 2.05. The quantitative estimate of drug-likeness (QED) is 0.443. The van der Waals surface area contributed by atoms with E-state index in [4.69, 9.17) is 9.47 Å². The summed E-state index contributed by atoms with van der Waals surface area (Å²) < 4.78 is 13.7. The van der Waals surface area contributed by atoms with Crippen LogP contribution in [0.15, 0.2) is 30.3 Å². The van der Waals surface area contributed by atoms with Crippen molar-refractivity contribution in [2.24, 2.45) is 0 Å². The van der Waals surface area contributed by atoms with Crippen LogP contribution in [0.4, 0.5) is 0 Å². The number of halogens is 1. The van der Waals surface area contributed by atoms with Crippen LogP contribution in [0.5, 0.6) is 11.6 Å². The zero-order valence-electron chi connectivity index (χ0n) is 11.1. The van der Waals surface area contributed by atoms with Gasteiger partial charge in [-0.1, -0.05) is 22.6 Å². The smallest absolute Gasteiger partial charge is 0.233 e. The van der Waals surface area contributed by atoms with Crippen molar-refractivity contribution in [3.05, 3.63) is 36.0 Å². The molecule has 2 rings (SSSR count). The molecule has 0 fully saturated rings. The third-order valence-corrected chi connectivity index (χ3v) is 3.47. The number of rotatable bonds is 6. The lowest BCUT2D eigenvalue weighted by molar-refractivity contribution is 0.305. The molecule has 0 spiro atoms. The van der Waals surface area contributed by atoms with Gasteiger partial charge in [-0.25, -0.2) is 4.68 Å². The van der Waals surface area contributed by atoms with Gasteiger partial charge in [0.15, 0.2) is 0 Å². The number of ether oxygens (including phenoxy) is 2. The second-order valence-electron chi connectivity index (χ2n) is 4.12. The van der Waals surface area contributed by atoms with Gasteiger partial charge >= 0.3 is 0 Å². The molecule has 0 aliphatic rings. The van der Waals surface area contributed by atoms with Gasteiger partial charge in [0.25, 0.3) is 0 Å². The first kappa shape index (κ1) is 14.2. The van der Waals surface area contributed by atoms with Crippen LogP contribution in [0.2, 0.25) is 0 Å². The molecule has 0 unspecified atom stereocenters. The molecule has 0 N–H and O–H groups in total. The molecule has 19 heavy (non-hydrogen) atoms. The van der Waals surface area contributed by atoms with Crippen molar-refractivity contribution in [1.29, 1.82) is 0 Å². The van der Waals surface area contributed by atoms with E-state index >= 15 is 0 Å². The Labute approximate surface area is 126 Å². The molecule has 4 nitrogen and oxygen atoms in total. The molecular weight excluding hydrogens is 355 g/mol. The van der Waals surface area contributed by atoms with Gasteiger partial charge in [-0.2, -0.15) is 0 Å². The number of methoxy groups -OCH3 is 1. The third-order valence-electron chi connectivity index (χ3n) is 2.71. The molecule has 0 bridgehead atoms. The third kappa shape index (κ3) is 3.62. The number of hydrogen-bond donors (Lipinski definition) is 0. The van der Waals surface area contributed by atoms with Crippen LogP contribution < -0.4 is 9.47 Å². The van der Waals surface area contributed by atoms with E-state index in [0.29, 0.717) is 12.5 Å². The highest BCUT2D eigenvalue weighted by Crippen LogP contribution is 2.19. The van der Waals surface area contributed by atoms with E-state index in [1.165, 1.54) is 0 Å². The average molecular weight is 372 g/mol. The predicted molar refractivity (Wildman–Crippen MR) is 83.9 cm³/mol. The Hall–Kier alpha value is -1.24. The Balaban J connectivity index is 2.14. The Morgan fingerprint density at radius 3 is 2.63 bits per heavy atom. The van der Waals surface area contributed by atoms with Gasteiger partial charge in [-0.15, -0.1) is 5.10 Å². The van der Waals surface area contributed by atoms with Crippen LogP contribution in [-0.2, 0) is 0 Å². The summed E-state index contributed by atoms with van der Waals surface area (Å²) in [6.07, 6.45) is 1.04. The van der Waals surface area contributed by atoms with Crippen LogP contribution in [0, 0.1) is 6.92 Å². The number of nitrogens with zero attached hydrogens (tertiary/aromatic N) is 2. The fraction of sp³-hybridized carbons (Fsp3) is 0.357. The first-order valence-corrected chi connectivity index (χ1v) is 7.67. The molecule has 1 aromatic heterocycles. The lowest BCUT2D eigenvalue weighted by atomic mass is 10.3. The van der Waals surface area contributed by atoms with Crippen LogP contribution in [0.1, 0.15) is 12.1 Å². The second-order valence-corrected chi connectivity index (χ2v) is 5.20. The number of aromatic nitrogens is 2. The Kier molecular flexibility index (Phi) is 5.07. The van der Waals surface area contributed by atoms with Gasteiger partial charge in [0.05, 0.1) is 19.4 Å². The van der Waals surface area contributed by atoms with Gasteiger partial charge < -0.3 is 9.47 Å². The molecule has 0 aliphatic heterocycles. The van der Waals surface area contributed by atoms with Gasteiger partial charge in [-0.3, -0.25) is 0 Å². The van der Waals surface area contributed by atoms with E-state index < -0.39 is 0 Å². The number of aryl methyl sites for hydroxylation is 1. The van der Waals surface area contributed by atoms with Crippen molar-refractivity contribution in [3.63, 3.8) is 0 Å². The Bertz CT molecular complexity index is 523. The zero-order valence-corrected chi connectivity index (χ0v) is 13.3. The molecule has 0 radical (unpaired) electrons. The summed E-state index contributed by atoms with van der Waals surface area (Å²) in [6.45, 7) is 2.73. The van der Waals surface area contributed by atoms with Crippen molar-refractivity contribution in [3.8, 4) is 17.3 Å². The van der Waals surface area contributed by atoms with Gasteiger partial charge in [0, 0.05) is 16.2 Å². The number of benzene rings is 1. The number of hydrogen-bond acceptors (Lipinski definition) is 3. The van der Waals surface area contributed by atoms with Crippen molar-refractivity contribution >= 4 is 22.6 Å². The molecule has 1 aromatic carbocycles. The SMILES string of the molecule is COc1ccc(-n2nc(OCCCI)cc2C)cc1. The molecule has 0 atom stereocenters. The van der Waals surface area contributed by atoms with Crippen molar-refractivity contribution in [2.45, 2.75) is 13.3 Å². The lowest BCUT2D eigenvalue weighted by Gasteiger charge is -2.05. The maximum atomic E-state index is 5.61. The largest absolute Gasteiger partial charge is 0.497 e. The zero-order chi connectivity index (χ0) is 13.7. The van der Waals surface area contributed by atoms with E-state index in [1.54, 1.807) is 7.11 Å². The summed E-state index contributed by atoms with van der Waals surface area (Å²) in [4.78, 5) is 0. The van der Waals surface area contributed by atoms with Crippen molar-refractivity contribution in [1.82, 2.24) is 9.78 Å². The minimum atomic E-state index is 0.679. The van der Waals surface area contributed by atoms with Gasteiger partial charge in [0.2, 0.25) is 5.88 Å². The first-order valence-electron chi connectivity index (χ1n) is 6.14. The summed E-state index contributed by atoms with van der Waals surface area (Å²) in [5.74, 6) is 1.52. The lowest BCUT2D eigenvalue weighted by Crippen LogP contribution is -2.01. The van der Waals surface area contributed by atoms with E-state index in [1.807, 2.05) is 41.9 Å². The molecular formula is C14H17IN2O2. The Morgan fingerprint density at radius 1 is 1.26 bits per heavy atom. The highest BCUT2D eigenvalue weighted by Gasteiger charge is 2.07. The fourth-order valence-corrected chi connectivity index (χ4v) is 2.04. The molecule has 2 aromatic rings. The summed E-state index contributed by atoms with van der Waals surface area (Å²) in [7, 11) is 1.66. The monoisotopic (exact) mass is 372 g/mol. The number of alkyl halides is 1. The molecule has 1 heterocycles. The summed E-state index contributed by atoms with van der Waals surface area (Å²) in [5, 5.41) is 4.46.